The number of rotatable bonds is 2. The molecule has 5 rings (SSSR count). The van der Waals surface area contributed by atoms with E-state index in [0.29, 0.717) is 15.6 Å². The molecule has 0 fully saturated rings. The van der Waals surface area contributed by atoms with Crippen LogP contribution in [0, 0.1) is 0 Å². The van der Waals surface area contributed by atoms with E-state index in [9.17, 15) is 4.79 Å². The van der Waals surface area contributed by atoms with Crippen molar-refractivity contribution in [3.05, 3.63) is 69.6 Å². The standard InChI is InChI=1S/C23H17ClN2O2S/c1-28-23(27)21-19(25)18-17(13-6-9-14(24)10-7-13)16-11-8-12-4-2-3-5-15(12)20(16)26-22(18)29-21/h2-7,9-10H,8,11,25H2,1H3. The molecule has 0 bridgehead atoms. The lowest BCUT2D eigenvalue weighted by atomic mass is 9.84. The molecule has 2 aromatic carbocycles. The molecule has 0 saturated heterocycles. The summed E-state index contributed by atoms with van der Waals surface area (Å²) >= 11 is 7.41. The first-order chi connectivity index (χ1) is 14.1. The second-order valence-electron chi connectivity index (χ2n) is 6.99. The van der Waals surface area contributed by atoms with Crippen LogP contribution in [0.2, 0.25) is 5.02 Å². The van der Waals surface area contributed by atoms with Gasteiger partial charge in [-0.15, -0.1) is 11.3 Å². The lowest BCUT2D eigenvalue weighted by Gasteiger charge is -2.22. The van der Waals surface area contributed by atoms with Crippen LogP contribution in [0.3, 0.4) is 0 Å². The zero-order valence-electron chi connectivity index (χ0n) is 15.7. The van der Waals surface area contributed by atoms with Crippen molar-refractivity contribution in [2.45, 2.75) is 12.8 Å². The monoisotopic (exact) mass is 420 g/mol. The molecule has 6 heteroatoms. The number of pyridine rings is 1. The van der Waals surface area contributed by atoms with Gasteiger partial charge in [-0.05, 0) is 47.2 Å². The third-order valence-electron chi connectivity index (χ3n) is 5.40. The van der Waals surface area contributed by atoms with Crippen LogP contribution in [-0.4, -0.2) is 18.1 Å². The molecule has 2 aromatic heterocycles. The van der Waals surface area contributed by atoms with Gasteiger partial charge in [0, 0.05) is 16.0 Å². The fraction of sp³-hybridized carbons (Fsp3) is 0.130. The fourth-order valence-corrected chi connectivity index (χ4v) is 5.21. The van der Waals surface area contributed by atoms with Gasteiger partial charge in [-0.2, -0.15) is 0 Å². The first kappa shape index (κ1) is 18.2. The largest absolute Gasteiger partial charge is 0.465 e. The van der Waals surface area contributed by atoms with Gasteiger partial charge in [0.05, 0.1) is 18.5 Å². The molecule has 0 radical (unpaired) electrons. The van der Waals surface area contributed by atoms with Gasteiger partial charge in [0.15, 0.2) is 0 Å². The number of esters is 1. The van der Waals surface area contributed by atoms with Crippen molar-refractivity contribution in [1.29, 1.82) is 0 Å². The van der Waals surface area contributed by atoms with Crippen molar-refractivity contribution in [1.82, 2.24) is 4.98 Å². The minimum absolute atomic E-state index is 0.390. The first-order valence-corrected chi connectivity index (χ1v) is 10.4. The summed E-state index contributed by atoms with van der Waals surface area (Å²) in [5.74, 6) is -0.439. The average molecular weight is 421 g/mol. The van der Waals surface area contributed by atoms with Crippen LogP contribution in [0.1, 0.15) is 20.8 Å². The number of carbonyl (C=O) groups excluding carboxylic acids is 1. The average Bonchev–Trinajstić information content (AvgIpc) is 3.08. The maximum atomic E-state index is 12.3. The molecule has 1 aliphatic rings. The Bertz CT molecular complexity index is 1280. The Balaban J connectivity index is 1.90. The van der Waals surface area contributed by atoms with Gasteiger partial charge in [-0.25, -0.2) is 9.78 Å². The van der Waals surface area contributed by atoms with E-state index in [1.807, 2.05) is 30.3 Å². The zero-order valence-corrected chi connectivity index (χ0v) is 17.2. The minimum Gasteiger partial charge on any atom is -0.465 e. The molecule has 4 aromatic rings. The summed E-state index contributed by atoms with van der Waals surface area (Å²) in [7, 11) is 1.36. The molecule has 0 atom stereocenters. The van der Waals surface area contributed by atoms with E-state index in [1.54, 1.807) is 0 Å². The van der Waals surface area contributed by atoms with Gasteiger partial charge in [0.25, 0.3) is 0 Å². The zero-order chi connectivity index (χ0) is 20.1. The van der Waals surface area contributed by atoms with E-state index >= 15 is 0 Å². The molecular formula is C23H17ClN2O2S. The molecule has 4 nitrogen and oxygen atoms in total. The van der Waals surface area contributed by atoms with E-state index in [-0.39, 0.29) is 0 Å². The van der Waals surface area contributed by atoms with Crippen LogP contribution in [0.5, 0.6) is 0 Å². The number of benzene rings is 2. The smallest absolute Gasteiger partial charge is 0.350 e. The highest BCUT2D eigenvalue weighted by molar-refractivity contribution is 7.21. The molecule has 144 valence electrons. The number of nitrogen functional groups attached to an aromatic ring is 1. The Kier molecular flexibility index (Phi) is 4.30. The number of halogens is 1. The van der Waals surface area contributed by atoms with Crippen molar-refractivity contribution in [3.8, 4) is 22.4 Å². The number of anilines is 1. The summed E-state index contributed by atoms with van der Waals surface area (Å²) in [4.78, 5) is 18.4. The Morgan fingerprint density at radius 2 is 1.90 bits per heavy atom. The third-order valence-corrected chi connectivity index (χ3v) is 6.73. The highest BCUT2D eigenvalue weighted by Crippen LogP contribution is 2.46. The molecule has 29 heavy (non-hydrogen) atoms. The van der Waals surface area contributed by atoms with Gasteiger partial charge < -0.3 is 10.5 Å². The van der Waals surface area contributed by atoms with Crippen LogP contribution < -0.4 is 5.73 Å². The van der Waals surface area contributed by atoms with Gasteiger partial charge in [0.2, 0.25) is 0 Å². The molecule has 0 saturated carbocycles. The molecular weight excluding hydrogens is 404 g/mol. The maximum absolute atomic E-state index is 12.3. The van der Waals surface area contributed by atoms with Crippen LogP contribution >= 0.6 is 22.9 Å². The lowest BCUT2D eigenvalue weighted by molar-refractivity contribution is 0.0607. The highest BCUT2D eigenvalue weighted by atomic mass is 35.5. The number of methoxy groups -OCH3 is 1. The number of aryl methyl sites for hydroxylation is 1. The second kappa shape index (κ2) is 6.87. The van der Waals surface area contributed by atoms with Crippen molar-refractivity contribution < 1.29 is 9.53 Å². The summed E-state index contributed by atoms with van der Waals surface area (Å²) in [5.41, 5.74) is 13.5. The van der Waals surface area contributed by atoms with Crippen molar-refractivity contribution in [2.75, 3.05) is 12.8 Å². The van der Waals surface area contributed by atoms with Gasteiger partial charge in [-0.1, -0.05) is 48.0 Å². The number of thiophene rings is 1. The summed E-state index contributed by atoms with van der Waals surface area (Å²) in [6.45, 7) is 0. The Labute approximate surface area is 176 Å². The number of hydrogen-bond acceptors (Lipinski definition) is 5. The minimum atomic E-state index is -0.439. The second-order valence-corrected chi connectivity index (χ2v) is 8.43. The van der Waals surface area contributed by atoms with Crippen molar-refractivity contribution >= 4 is 44.8 Å². The normalized spacial score (nSPS) is 12.5. The van der Waals surface area contributed by atoms with Gasteiger partial charge >= 0.3 is 5.97 Å². The van der Waals surface area contributed by atoms with Crippen molar-refractivity contribution in [2.24, 2.45) is 0 Å². The number of carbonyl (C=O) groups is 1. The molecule has 0 spiro atoms. The summed E-state index contributed by atoms with van der Waals surface area (Å²) in [6, 6.07) is 16.1. The number of fused-ring (bicyclic) bond motifs is 4. The maximum Gasteiger partial charge on any atom is 0.350 e. The predicted molar refractivity (Wildman–Crippen MR) is 119 cm³/mol. The SMILES string of the molecule is COC(=O)c1sc2nc3c(c(-c4ccc(Cl)cc4)c2c1N)CCc1ccccc1-3. The number of nitrogens with two attached hydrogens (primary N) is 1. The molecule has 0 amide bonds. The lowest BCUT2D eigenvalue weighted by Crippen LogP contribution is -2.08. The summed E-state index contributed by atoms with van der Waals surface area (Å²) < 4.78 is 4.94. The first-order valence-electron chi connectivity index (χ1n) is 9.26. The topological polar surface area (TPSA) is 65.2 Å². The van der Waals surface area contributed by atoms with E-state index < -0.39 is 5.97 Å². The number of aromatic nitrogens is 1. The molecule has 1 aliphatic carbocycles. The van der Waals surface area contributed by atoms with E-state index in [4.69, 9.17) is 27.1 Å². The van der Waals surface area contributed by atoms with Crippen molar-refractivity contribution in [3.63, 3.8) is 0 Å². The Hall–Kier alpha value is -2.89. The number of hydrogen-bond donors (Lipinski definition) is 1. The molecule has 2 heterocycles. The van der Waals surface area contributed by atoms with Crippen LogP contribution in [-0.2, 0) is 17.6 Å². The summed E-state index contributed by atoms with van der Waals surface area (Å²) in [6.07, 6.45) is 1.79. The Morgan fingerprint density at radius 1 is 1.14 bits per heavy atom. The van der Waals surface area contributed by atoms with Crippen LogP contribution in [0.4, 0.5) is 5.69 Å². The predicted octanol–water partition coefficient (Wildman–Crippen LogP) is 5.75. The van der Waals surface area contributed by atoms with Gasteiger partial charge in [0.1, 0.15) is 9.71 Å². The van der Waals surface area contributed by atoms with Gasteiger partial charge in [-0.3, -0.25) is 0 Å². The van der Waals surface area contributed by atoms with E-state index in [0.717, 1.165) is 51.0 Å². The molecule has 0 aliphatic heterocycles. The third kappa shape index (κ3) is 2.81. The number of nitrogens with zero attached hydrogens (tertiary/aromatic N) is 1. The fourth-order valence-electron chi connectivity index (χ4n) is 4.06. The molecule has 0 unspecified atom stereocenters. The van der Waals surface area contributed by atoms with Crippen LogP contribution in [0.15, 0.2) is 48.5 Å². The van der Waals surface area contributed by atoms with Crippen LogP contribution in [0.25, 0.3) is 32.6 Å². The summed E-state index contributed by atoms with van der Waals surface area (Å²) in [5, 5.41) is 1.49. The highest BCUT2D eigenvalue weighted by Gasteiger charge is 2.27. The molecule has 2 N–H and O–H groups in total. The number of ether oxygens (including phenoxy) is 1. The quantitative estimate of drug-likeness (QED) is 0.419. The van der Waals surface area contributed by atoms with E-state index in [1.165, 1.54) is 24.0 Å². The van der Waals surface area contributed by atoms with E-state index in [2.05, 4.69) is 18.2 Å². The Morgan fingerprint density at radius 3 is 2.66 bits per heavy atom.